The molecule has 0 heterocycles. The Balaban J connectivity index is 2.25. The standard InChI is InChI=1S/C16H13/c1-2-7-12-13-8-3-5-10-15(13)16-11-6-4-9-14(12)16/h2-6,8,10-12H,1,7H2. The maximum absolute atomic E-state index is 3.86. The summed E-state index contributed by atoms with van der Waals surface area (Å²) in [6.07, 6.45) is 2.99. The summed E-state index contributed by atoms with van der Waals surface area (Å²) in [5, 5.41) is 0. The van der Waals surface area contributed by atoms with Crippen LogP contribution >= 0.6 is 0 Å². The molecule has 0 aliphatic heterocycles. The number of hydrogen-bond donors (Lipinski definition) is 0. The van der Waals surface area contributed by atoms with Crippen LogP contribution in [0.25, 0.3) is 11.1 Å². The summed E-state index contributed by atoms with van der Waals surface area (Å²) in [6.45, 7) is 3.86. The van der Waals surface area contributed by atoms with E-state index >= 15 is 0 Å². The molecule has 0 spiro atoms. The smallest absolute Gasteiger partial charge is 0.0142 e. The van der Waals surface area contributed by atoms with Gasteiger partial charge in [-0.1, -0.05) is 48.5 Å². The molecule has 0 aromatic heterocycles. The molecule has 0 saturated heterocycles. The Bertz CT molecular complexity index is 492. The number of allylic oxidation sites excluding steroid dienone is 1. The fourth-order valence-corrected chi connectivity index (χ4v) is 2.59. The highest BCUT2D eigenvalue weighted by molar-refractivity contribution is 5.78. The zero-order valence-electron chi connectivity index (χ0n) is 9.11. The monoisotopic (exact) mass is 205 g/mol. The fourth-order valence-electron chi connectivity index (χ4n) is 2.59. The van der Waals surface area contributed by atoms with Gasteiger partial charge in [0.15, 0.2) is 0 Å². The van der Waals surface area contributed by atoms with Gasteiger partial charge in [-0.05, 0) is 34.7 Å². The van der Waals surface area contributed by atoms with Gasteiger partial charge in [0.25, 0.3) is 0 Å². The molecule has 0 nitrogen and oxygen atoms in total. The third-order valence-corrected chi connectivity index (χ3v) is 3.27. The lowest BCUT2D eigenvalue weighted by Crippen LogP contribution is -1.94. The van der Waals surface area contributed by atoms with E-state index < -0.39 is 0 Å². The summed E-state index contributed by atoms with van der Waals surface area (Å²) in [6, 6.07) is 18.3. The topological polar surface area (TPSA) is 0 Å². The van der Waals surface area contributed by atoms with Crippen molar-refractivity contribution < 1.29 is 0 Å². The van der Waals surface area contributed by atoms with Gasteiger partial charge in [-0.15, -0.1) is 6.58 Å². The van der Waals surface area contributed by atoms with Crippen molar-refractivity contribution in [3.63, 3.8) is 0 Å². The van der Waals surface area contributed by atoms with Crippen LogP contribution in [-0.4, -0.2) is 0 Å². The molecule has 3 rings (SSSR count). The Morgan fingerprint density at radius 1 is 1.12 bits per heavy atom. The van der Waals surface area contributed by atoms with Crippen molar-refractivity contribution in [2.75, 3.05) is 0 Å². The number of rotatable bonds is 2. The van der Waals surface area contributed by atoms with Gasteiger partial charge in [-0.25, -0.2) is 0 Å². The summed E-state index contributed by atoms with van der Waals surface area (Å²) in [5.74, 6) is 0.449. The number of benzene rings is 2. The second-order valence-corrected chi connectivity index (χ2v) is 4.16. The van der Waals surface area contributed by atoms with Crippen LogP contribution in [0.4, 0.5) is 0 Å². The molecule has 0 N–H and O–H groups in total. The predicted molar refractivity (Wildman–Crippen MR) is 67.4 cm³/mol. The molecule has 2 aromatic carbocycles. The first-order valence-corrected chi connectivity index (χ1v) is 5.62. The molecule has 1 atom stereocenters. The van der Waals surface area contributed by atoms with Gasteiger partial charge in [0.1, 0.15) is 0 Å². The van der Waals surface area contributed by atoms with Crippen LogP contribution in [0.15, 0.2) is 55.1 Å². The number of hydrogen-bond acceptors (Lipinski definition) is 0. The first kappa shape index (κ1) is 9.41. The van der Waals surface area contributed by atoms with Gasteiger partial charge < -0.3 is 0 Å². The summed E-state index contributed by atoms with van der Waals surface area (Å²) < 4.78 is 0. The van der Waals surface area contributed by atoms with Crippen LogP contribution in [0, 0.1) is 6.07 Å². The molecule has 0 amide bonds. The Morgan fingerprint density at radius 3 is 2.81 bits per heavy atom. The van der Waals surface area contributed by atoms with E-state index in [-0.39, 0.29) is 0 Å². The molecule has 0 saturated carbocycles. The third-order valence-electron chi connectivity index (χ3n) is 3.27. The predicted octanol–water partition coefficient (Wildman–Crippen LogP) is 4.18. The SMILES string of the molecule is C=CCC1c2[c]cccc2-c2ccccc21. The van der Waals surface area contributed by atoms with Crippen molar-refractivity contribution >= 4 is 0 Å². The van der Waals surface area contributed by atoms with Crippen LogP contribution < -0.4 is 0 Å². The van der Waals surface area contributed by atoms with Gasteiger partial charge in [-0.3, -0.25) is 0 Å². The van der Waals surface area contributed by atoms with Crippen LogP contribution in [0.1, 0.15) is 23.5 Å². The highest BCUT2D eigenvalue weighted by atomic mass is 14.3. The lowest BCUT2D eigenvalue weighted by Gasteiger charge is -2.09. The molecule has 0 bridgehead atoms. The fraction of sp³-hybridized carbons (Fsp3) is 0.125. The summed E-state index contributed by atoms with van der Waals surface area (Å²) in [7, 11) is 0. The Morgan fingerprint density at radius 2 is 1.94 bits per heavy atom. The maximum atomic E-state index is 3.86. The van der Waals surface area contributed by atoms with Gasteiger partial charge in [0, 0.05) is 5.92 Å². The number of fused-ring (bicyclic) bond motifs is 3. The van der Waals surface area contributed by atoms with Crippen molar-refractivity contribution in [1.29, 1.82) is 0 Å². The second-order valence-electron chi connectivity index (χ2n) is 4.16. The molecule has 0 fully saturated rings. The molecular weight excluding hydrogens is 192 g/mol. The first-order valence-electron chi connectivity index (χ1n) is 5.62. The van der Waals surface area contributed by atoms with Gasteiger partial charge in [0.05, 0.1) is 0 Å². The third kappa shape index (κ3) is 1.23. The van der Waals surface area contributed by atoms with Crippen molar-refractivity contribution in [1.82, 2.24) is 0 Å². The lowest BCUT2D eigenvalue weighted by atomic mass is 9.94. The summed E-state index contributed by atoms with van der Waals surface area (Å²) in [5.41, 5.74) is 5.44. The van der Waals surface area contributed by atoms with Gasteiger partial charge in [-0.2, -0.15) is 0 Å². The summed E-state index contributed by atoms with van der Waals surface area (Å²) in [4.78, 5) is 0. The van der Waals surface area contributed by atoms with Crippen LogP contribution in [-0.2, 0) is 0 Å². The Kier molecular flexibility index (Phi) is 2.14. The molecule has 77 valence electrons. The average Bonchev–Trinajstić information content (AvgIpc) is 2.66. The van der Waals surface area contributed by atoms with E-state index in [2.05, 4.69) is 49.0 Å². The van der Waals surface area contributed by atoms with Crippen molar-refractivity contribution in [3.05, 3.63) is 72.3 Å². The molecule has 1 aliphatic rings. The Hall–Kier alpha value is -1.82. The van der Waals surface area contributed by atoms with E-state index in [0.29, 0.717) is 5.92 Å². The van der Waals surface area contributed by atoms with Crippen molar-refractivity contribution in [2.24, 2.45) is 0 Å². The quantitative estimate of drug-likeness (QED) is 0.645. The molecule has 0 heteroatoms. The molecule has 1 aliphatic carbocycles. The minimum atomic E-state index is 0.449. The minimum Gasteiger partial charge on any atom is -0.103 e. The molecular formula is C16H13. The second kappa shape index (κ2) is 3.64. The molecule has 1 unspecified atom stereocenters. The van der Waals surface area contributed by atoms with Crippen molar-refractivity contribution in [3.8, 4) is 11.1 Å². The Labute approximate surface area is 96.3 Å². The highest BCUT2D eigenvalue weighted by Gasteiger charge is 2.26. The zero-order valence-corrected chi connectivity index (χ0v) is 9.11. The molecule has 1 radical (unpaired) electrons. The largest absolute Gasteiger partial charge is 0.103 e. The zero-order chi connectivity index (χ0) is 11.0. The lowest BCUT2D eigenvalue weighted by molar-refractivity contribution is 0.854. The van der Waals surface area contributed by atoms with E-state index in [1.807, 2.05) is 12.1 Å². The maximum Gasteiger partial charge on any atom is 0.0142 e. The minimum absolute atomic E-state index is 0.449. The highest BCUT2D eigenvalue weighted by Crippen LogP contribution is 2.45. The normalized spacial score (nSPS) is 13.2. The van der Waals surface area contributed by atoms with Crippen LogP contribution in [0.2, 0.25) is 0 Å². The average molecular weight is 205 g/mol. The van der Waals surface area contributed by atoms with E-state index in [1.165, 1.54) is 22.3 Å². The van der Waals surface area contributed by atoms with Crippen molar-refractivity contribution in [2.45, 2.75) is 12.3 Å². The van der Waals surface area contributed by atoms with Crippen LogP contribution in [0.5, 0.6) is 0 Å². The van der Waals surface area contributed by atoms with Gasteiger partial charge in [0.2, 0.25) is 0 Å². The first-order chi connectivity index (χ1) is 7.92. The van der Waals surface area contributed by atoms with E-state index in [1.54, 1.807) is 0 Å². The van der Waals surface area contributed by atoms with E-state index in [0.717, 1.165) is 6.42 Å². The van der Waals surface area contributed by atoms with E-state index in [4.69, 9.17) is 0 Å². The summed E-state index contributed by atoms with van der Waals surface area (Å²) >= 11 is 0. The van der Waals surface area contributed by atoms with Crippen LogP contribution in [0.3, 0.4) is 0 Å². The van der Waals surface area contributed by atoms with E-state index in [9.17, 15) is 0 Å². The molecule has 2 aromatic rings. The molecule has 16 heavy (non-hydrogen) atoms. The van der Waals surface area contributed by atoms with Gasteiger partial charge >= 0.3 is 0 Å².